The van der Waals surface area contributed by atoms with E-state index in [2.05, 4.69) is 9.76 Å². The molecule has 0 saturated heterocycles. The molecule has 0 aliphatic rings. The molecule has 0 aromatic carbocycles. The minimum atomic E-state index is -9.00. The molecule has 0 amide bonds. The van der Waals surface area contributed by atoms with Crippen LogP contribution >= 0.6 is 0 Å². The molecule has 0 rings (SSSR count). The van der Waals surface area contributed by atoms with Gasteiger partial charge in [-0.25, -0.2) is 0 Å². The van der Waals surface area contributed by atoms with Crippen molar-refractivity contribution in [3.63, 3.8) is 0 Å². The molecule has 598 valence electrons. The van der Waals surface area contributed by atoms with Crippen LogP contribution in [0.3, 0.4) is 0 Å². The lowest BCUT2D eigenvalue weighted by molar-refractivity contribution is 0.291. The Balaban J connectivity index is 16.8. The van der Waals surface area contributed by atoms with E-state index in [0.29, 0.717) is 0 Å². The van der Waals surface area contributed by atoms with Gasteiger partial charge in [-0.3, -0.25) is 0 Å². The summed E-state index contributed by atoms with van der Waals surface area (Å²) in [5.41, 5.74) is 0. The molecule has 58 radical (unpaired) electrons. The van der Waals surface area contributed by atoms with Gasteiger partial charge in [0.15, 0.2) is 24.0 Å². The van der Waals surface area contributed by atoms with E-state index >= 15 is 0 Å². The van der Waals surface area contributed by atoms with Gasteiger partial charge in [-0.05, 0) is 72.0 Å². The van der Waals surface area contributed by atoms with Crippen LogP contribution < -0.4 is 0 Å². The van der Waals surface area contributed by atoms with Gasteiger partial charge in [0.1, 0.15) is 0 Å². The maximum Gasteiger partial charge on any atom is 0.420 e. The molecule has 0 aromatic rings. The fourth-order valence-electron chi connectivity index (χ4n) is 10.8. The Kier molecular flexibility index (Phi) is 54.0. The van der Waals surface area contributed by atoms with Crippen LogP contribution in [0, 0.1) is 0 Å². The van der Waals surface area contributed by atoms with Crippen molar-refractivity contribution in [2.24, 2.45) is 0 Å². The first-order chi connectivity index (χ1) is 50.6. The zero-order chi connectivity index (χ0) is 85.4. The molecule has 0 heterocycles. The second-order valence-electron chi connectivity index (χ2n) is 22.8. The molecule has 30 N–H and O–H groups in total. The van der Waals surface area contributed by atoms with Crippen LogP contribution in [0.4, 0.5) is 0 Å². The normalized spacial score (nSPS) is 18.3. The third kappa shape index (κ3) is 22.9. The maximum atomic E-state index is 14.5. The SMILES string of the molecule is CO[Si](C)([Si])O[Si]([Si](O[Si]O)([Si]O)[Si](C)(C)O)([Si](O[Si]O)([Si]O)[Si](C)(C)O)[Si](O[Si](O[Si]O)([Si]O)[Si]O)([Si](O[Si]O)([Si]O)[Si](C)O)[Si](O[Si](C)(C)O[Si](C)(C)C)(O[Si](O[Si](O[Si]O)([Si]O)[Si]O)([Si](O[Si]O)([Si]O)[Si]O)[Si](O[Si]O)([Si]O)[Si]O)[Si](O[Si](O[Si]O)([Si]O)[Si]O)([Si](O[Si]O)([Si]O)[Si]O)[Si](O[Si]O)([Si]O)[Si]O. The molecule has 0 aliphatic heterocycles. The van der Waals surface area contributed by atoms with Gasteiger partial charge in [0, 0.05) is 7.11 Å². The number of hydrogen-bond donors (Lipinski definition) is 30. The lowest BCUT2D eigenvalue weighted by Crippen LogP contribution is -3.19. The van der Waals surface area contributed by atoms with Crippen molar-refractivity contribution in [3.05, 3.63) is 0 Å². The highest BCUT2D eigenvalue weighted by molar-refractivity contribution is 8.31. The van der Waals surface area contributed by atoms with Gasteiger partial charge in [0.25, 0.3) is 91.2 Å². The average molecular weight is 2350 g/mol. The summed E-state index contributed by atoms with van der Waals surface area (Å²) >= 11 is 0. The molecular weight excluding hydrogens is 2290 g/mol. The van der Waals surface area contributed by atoms with E-state index in [0.717, 1.165) is 59.5 Å². The van der Waals surface area contributed by atoms with Gasteiger partial charge >= 0.3 is 147 Å². The van der Waals surface area contributed by atoms with Gasteiger partial charge in [-0.1, -0.05) is 0 Å². The minimum absolute atomic E-state index is 0.750. The van der Waals surface area contributed by atoms with Crippen LogP contribution in [-0.2, 0) is 74.4 Å². The standard InChI is InChI=1S/C12H66O48Si49/c1-43-94(12,61)56-109(105(87-38,52-70-21)91(6,7)41,106(88-39,53-71-22)92(8,9)42)108(59-97(76-27,77-28)46-64-15,104(86-37,51-69-20)89(2)40)99(55-93(10,11)54-90(3,4)5,107(102(82-33,83-34)49-67-18,103(84-35,85-36)50-68-19)58-96(74-25,75-26)45-63-14)60-98(100(78-29,79-30)47-65-16,101(80-31,81-32)48-66-17)57-95(72-23,73-24)44-62-13/h13-42H,1-12H3. The van der Waals surface area contributed by atoms with Crippen LogP contribution in [0.5, 0.6) is 0 Å². The molecule has 109 heavy (non-hydrogen) atoms. The predicted molar refractivity (Wildman–Crippen MR) is 438 cm³/mol. The van der Waals surface area contributed by atoms with Crippen LogP contribution in [0.25, 0.3) is 0 Å². The molecule has 0 aromatic heterocycles. The lowest BCUT2D eigenvalue weighted by atomic mass is 11.8. The quantitative estimate of drug-likeness (QED) is 0.0251. The largest absolute Gasteiger partial charge is 0.439 e. The molecule has 48 nitrogen and oxygen atoms in total. The Bertz CT molecular complexity index is 2470. The fourth-order valence-corrected chi connectivity index (χ4v) is 744. The van der Waals surface area contributed by atoms with Crippen molar-refractivity contribution in [3.8, 4) is 0 Å². The topological polar surface area (TPSA) is 773 Å². The van der Waals surface area contributed by atoms with Crippen LogP contribution in [0.2, 0.25) is 72.0 Å². The van der Waals surface area contributed by atoms with Crippen molar-refractivity contribution in [1.29, 1.82) is 0 Å². The summed E-state index contributed by atoms with van der Waals surface area (Å²) in [5.74, 6) is 0. The van der Waals surface area contributed by atoms with Crippen LogP contribution in [-0.4, -0.2) is 574 Å². The molecule has 0 aliphatic carbocycles. The third-order valence-electron chi connectivity index (χ3n) is 14.5. The van der Waals surface area contributed by atoms with Crippen molar-refractivity contribution in [2.75, 3.05) is 7.11 Å². The monoisotopic (exact) mass is 2350 g/mol. The zero-order valence-corrected chi connectivity index (χ0v) is 106. The second-order valence-corrected chi connectivity index (χ2v) is 238. The van der Waals surface area contributed by atoms with Crippen molar-refractivity contribution < 1.29 is 218 Å². The smallest absolute Gasteiger partial charge is 0.420 e. The van der Waals surface area contributed by atoms with E-state index in [1.165, 1.54) is 19.6 Å². The first-order valence-electron chi connectivity index (χ1n) is 27.5. The van der Waals surface area contributed by atoms with Gasteiger partial charge in [-0.2, -0.15) is 0 Å². The second kappa shape index (κ2) is 50.0. The van der Waals surface area contributed by atoms with E-state index in [1.54, 1.807) is 0 Å². The van der Waals surface area contributed by atoms with E-state index in [9.17, 15) is 144 Å². The molecule has 0 spiro atoms. The van der Waals surface area contributed by atoms with E-state index in [-0.39, 0.29) is 0 Å². The predicted octanol–water partition coefficient (Wildman–Crippen LogP) is -30.0. The molecule has 6 atom stereocenters. The summed E-state index contributed by atoms with van der Waals surface area (Å²) in [7, 11) is -128. The van der Waals surface area contributed by atoms with Gasteiger partial charge in [0.05, 0.1) is 9.76 Å². The Labute approximate surface area is 712 Å². The molecule has 0 saturated carbocycles. The van der Waals surface area contributed by atoms with Crippen molar-refractivity contribution >= 4 is 423 Å². The first-order valence-corrected chi connectivity index (χ1v) is 128. The molecule has 97 heteroatoms. The number of hydrogen-bond acceptors (Lipinski definition) is 48. The highest BCUT2D eigenvalue weighted by atomic mass is 30.5. The van der Waals surface area contributed by atoms with Gasteiger partial charge in [0.2, 0.25) is 152 Å². The van der Waals surface area contributed by atoms with E-state index in [4.69, 9.17) is 74.4 Å². The van der Waals surface area contributed by atoms with Crippen molar-refractivity contribution in [1.82, 2.24) is 0 Å². The fraction of sp³-hybridized carbons (Fsp3) is 1.00. The Morgan fingerprint density at radius 2 is 0.560 bits per heavy atom. The third-order valence-corrected chi connectivity index (χ3v) is 417. The maximum absolute atomic E-state index is 14.5. The Morgan fingerprint density at radius 1 is 0.275 bits per heavy atom. The summed E-state index contributed by atoms with van der Waals surface area (Å²) < 4.78 is 127. The van der Waals surface area contributed by atoms with Gasteiger partial charge < -0.3 is 218 Å². The van der Waals surface area contributed by atoms with Crippen LogP contribution in [0.15, 0.2) is 0 Å². The highest BCUT2D eigenvalue weighted by Gasteiger charge is 3.06. The number of rotatable bonds is 65. The summed E-state index contributed by atoms with van der Waals surface area (Å²) in [6.45, 7) is -62.1. The highest BCUT2D eigenvalue weighted by Crippen LogP contribution is 2.60. The summed E-state index contributed by atoms with van der Waals surface area (Å²) in [4.78, 5) is 386. The summed E-state index contributed by atoms with van der Waals surface area (Å²) in [6.07, 6.45) is 0. The van der Waals surface area contributed by atoms with Crippen LogP contribution in [0.1, 0.15) is 0 Å². The van der Waals surface area contributed by atoms with E-state index in [1.807, 2.05) is 0 Å². The van der Waals surface area contributed by atoms with Gasteiger partial charge in [-0.15, -0.1) is 0 Å². The Hall–Kier alpha value is 8.71. The molecular formula is C12H66O48Si49. The summed E-state index contributed by atoms with van der Waals surface area (Å²) in [5, 5.41) is 0. The van der Waals surface area contributed by atoms with Crippen molar-refractivity contribution in [2.45, 2.75) is 72.0 Å². The molecule has 0 fully saturated rings. The zero-order valence-electron chi connectivity index (χ0n) is 57.3. The minimum Gasteiger partial charge on any atom is -0.439 e. The summed E-state index contributed by atoms with van der Waals surface area (Å²) in [6, 6.07) is 0. The molecule has 6 unspecified atom stereocenters. The Morgan fingerprint density at radius 3 is 0.789 bits per heavy atom. The molecule has 0 bridgehead atoms. The van der Waals surface area contributed by atoms with E-state index < -0.39 is 414 Å². The lowest BCUT2D eigenvalue weighted by Gasteiger charge is -2.75. The average Bonchev–Trinajstić information content (AvgIpc) is 0.620. The first kappa shape index (κ1) is 118.